The Bertz CT molecular complexity index is 851. The fraction of sp³-hybridized carbons (Fsp3) is 0.368. The van der Waals surface area contributed by atoms with Crippen LogP contribution in [0.15, 0.2) is 40.9 Å². The van der Waals surface area contributed by atoms with E-state index in [1.54, 1.807) is 18.3 Å². The van der Waals surface area contributed by atoms with E-state index in [1.807, 2.05) is 12.1 Å². The van der Waals surface area contributed by atoms with Crippen LogP contribution >= 0.6 is 0 Å². The van der Waals surface area contributed by atoms with Crippen molar-refractivity contribution in [2.45, 2.75) is 32.2 Å². The Balaban J connectivity index is 1.44. The van der Waals surface area contributed by atoms with Gasteiger partial charge in [0.1, 0.15) is 11.3 Å². The van der Waals surface area contributed by atoms with E-state index in [0.29, 0.717) is 12.5 Å². The largest absolute Gasteiger partial charge is 0.506 e. The number of likely N-dealkylation sites (tertiary alicyclic amines) is 1. The molecule has 0 bridgehead atoms. The van der Waals surface area contributed by atoms with E-state index in [4.69, 9.17) is 4.42 Å². The SMILES string of the molecule is Cc1cccc2nc(C3CCN(Cc4ncccc4O)CC3)oc12. The molecular weight excluding hydrogens is 302 g/mol. The summed E-state index contributed by atoms with van der Waals surface area (Å²) >= 11 is 0. The van der Waals surface area contributed by atoms with Crippen LogP contribution in [-0.4, -0.2) is 33.1 Å². The summed E-state index contributed by atoms with van der Waals surface area (Å²) in [6, 6.07) is 9.52. The molecule has 3 aromatic rings. The zero-order valence-corrected chi connectivity index (χ0v) is 13.8. The van der Waals surface area contributed by atoms with E-state index in [2.05, 4.69) is 27.9 Å². The predicted octanol–water partition coefficient (Wildman–Crippen LogP) is 3.62. The maximum Gasteiger partial charge on any atom is 0.198 e. The molecule has 24 heavy (non-hydrogen) atoms. The molecule has 1 aliphatic rings. The molecule has 5 heteroatoms. The molecule has 2 aromatic heterocycles. The summed E-state index contributed by atoms with van der Waals surface area (Å²) in [6.45, 7) is 4.65. The number of fused-ring (bicyclic) bond motifs is 1. The third-order valence-corrected chi connectivity index (χ3v) is 4.80. The zero-order chi connectivity index (χ0) is 16.5. The molecule has 0 atom stereocenters. The van der Waals surface area contributed by atoms with Crippen molar-refractivity contribution >= 4 is 11.1 Å². The van der Waals surface area contributed by atoms with Gasteiger partial charge in [0, 0.05) is 18.7 Å². The maximum atomic E-state index is 9.86. The lowest BCUT2D eigenvalue weighted by Gasteiger charge is -2.30. The molecule has 1 aromatic carbocycles. The number of aromatic nitrogens is 2. The summed E-state index contributed by atoms with van der Waals surface area (Å²) in [5, 5.41) is 9.86. The van der Waals surface area contributed by atoms with Crippen LogP contribution in [0, 0.1) is 6.92 Å². The molecule has 1 fully saturated rings. The molecule has 4 rings (SSSR count). The summed E-state index contributed by atoms with van der Waals surface area (Å²) in [6.07, 6.45) is 3.75. The first-order valence-electron chi connectivity index (χ1n) is 8.42. The van der Waals surface area contributed by atoms with Crippen molar-refractivity contribution in [2.75, 3.05) is 13.1 Å². The van der Waals surface area contributed by atoms with Gasteiger partial charge in [-0.3, -0.25) is 9.88 Å². The Hall–Kier alpha value is -2.40. The van der Waals surface area contributed by atoms with E-state index < -0.39 is 0 Å². The Kier molecular flexibility index (Phi) is 3.94. The highest BCUT2D eigenvalue weighted by Crippen LogP contribution is 2.31. The summed E-state index contributed by atoms with van der Waals surface area (Å²) in [5.74, 6) is 1.50. The Morgan fingerprint density at radius 1 is 1.21 bits per heavy atom. The lowest BCUT2D eigenvalue weighted by molar-refractivity contribution is 0.190. The van der Waals surface area contributed by atoms with Crippen molar-refractivity contribution in [3.63, 3.8) is 0 Å². The van der Waals surface area contributed by atoms with Gasteiger partial charge < -0.3 is 9.52 Å². The number of hydrogen-bond donors (Lipinski definition) is 1. The quantitative estimate of drug-likeness (QED) is 0.797. The Morgan fingerprint density at radius 3 is 2.79 bits per heavy atom. The van der Waals surface area contributed by atoms with E-state index in [0.717, 1.165) is 54.2 Å². The van der Waals surface area contributed by atoms with Gasteiger partial charge in [-0.2, -0.15) is 0 Å². The molecule has 1 N–H and O–H groups in total. The first-order valence-corrected chi connectivity index (χ1v) is 8.42. The van der Waals surface area contributed by atoms with Crippen LogP contribution in [0.4, 0.5) is 0 Å². The highest BCUT2D eigenvalue weighted by molar-refractivity contribution is 5.76. The molecule has 124 valence electrons. The van der Waals surface area contributed by atoms with Gasteiger partial charge in [0.25, 0.3) is 0 Å². The summed E-state index contributed by atoms with van der Waals surface area (Å²) in [7, 11) is 0. The van der Waals surface area contributed by atoms with Gasteiger partial charge in [0.15, 0.2) is 11.5 Å². The lowest BCUT2D eigenvalue weighted by Crippen LogP contribution is -2.32. The number of pyridine rings is 1. The van der Waals surface area contributed by atoms with Crippen molar-refractivity contribution in [3.05, 3.63) is 53.7 Å². The minimum absolute atomic E-state index is 0.272. The number of rotatable bonds is 3. The topological polar surface area (TPSA) is 62.4 Å². The monoisotopic (exact) mass is 323 g/mol. The smallest absolute Gasteiger partial charge is 0.198 e. The van der Waals surface area contributed by atoms with Gasteiger partial charge in [0.05, 0.1) is 5.69 Å². The van der Waals surface area contributed by atoms with Crippen LogP contribution in [0.2, 0.25) is 0 Å². The molecule has 0 spiro atoms. The molecule has 0 saturated carbocycles. The molecule has 0 radical (unpaired) electrons. The number of nitrogens with zero attached hydrogens (tertiary/aromatic N) is 3. The first-order chi connectivity index (χ1) is 11.7. The first kappa shape index (κ1) is 15.1. The Morgan fingerprint density at radius 2 is 2.04 bits per heavy atom. The molecule has 0 amide bonds. The number of oxazole rings is 1. The van der Waals surface area contributed by atoms with Gasteiger partial charge in [-0.25, -0.2) is 4.98 Å². The van der Waals surface area contributed by atoms with Crippen molar-refractivity contribution in [3.8, 4) is 5.75 Å². The third-order valence-electron chi connectivity index (χ3n) is 4.80. The van der Waals surface area contributed by atoms with Crippen LogP contribution in [0.25, 0.3) is 11.1 Å². The molecule has 1 aliphatic heterocycles. The molecule has 1 saturated heterocycles. The Labute approximate surface area is 141 Å². The zero-order valence-electron chi connectivity index (χ0n) is 13.8. The van der Waals surface area contributed by atoms with Crippen molar-refractivity contribution < 1.29 is 9.52 Å². The van der Waals surface area contributed by atoms with Crippen LogP contribution < -0.4 is 0 Å². The number of benzene rings is 1. The van der Waals surface area contributed by atoms with Crippen molar-refractivity contribution in [1.29, 1.82) is 0 Å². The van der Waals surface area contributed by atoms with Gasteiger partial charge in [-0.05, 0) is 56.6 Å². The summed E-state index contributed by atoms with van der Waals surface area (Å²) in [5.41, 5.74) is 3.74. The molecule has 0 unspecified atom stereocenters. The second-order valence-corrected chi connectivity index (χ2v) is 6.49. The number of aromatic hydroxyl groups is 1. The summed E-state index contributed by atoms with van der Waals surface area (Å²) < 4.78 is 6.03. The van der Waals surface area contributed by atoms with Gasteiger partial charge >= 0.3 is 0 Å². The highest BCUT2D eigenvalue weighted by atomic mass is 16.3. The fourth-order valence-corrected chi connectivity index (χ4v) is 3.38. The van der Waals surface area contributed by atoms with Crippen LogP contribution in [-0.2, 0) is 6.54 Å². The lowest BCUT2D eigenvalue weighted by atomic mass is 9.96. The van der Waals surface area contributed by atoms with E-state index in [-0.39, 0.29) is 5.75 Å². The maximum absolute atomic E-state index is 9.86. The van der Waals surface area contributed by atoms with Gasteiger partial charge in [0.2, 0.25) is 0 Å². The second-order valence-electron chi connectivity index (χ2n) is 6.49. The number of aryl methyl sites for hydroxylation is 1. The third kappa shape index (κ3) is 2.87. The van der Waals surface area contributed by atoms with Crippen LogP contribution in [0.3, 0.4) is 0 Å². The van der Waals surface area contributed by atoms with E-state index in [1.165, 1.54) is 0 Å². The van der Waals surface area contributed by atoms with E-state index in [9.17, 15) is 5.11 Å². The van der Waals surface area contributed by atoms with Crippen molar-refractivity contribution in [1.82, 2.24) is 14.9 Å². The molecular formula is C19H21N3O2. The standard InChI is InChI=1S/C19H21N3O2/c1-13-4-2-5-15-18(13)24-19(21-15)14-7-10-22(11-8-14)12-16-17(23)6-3-9-20-16/h2-6,9,14,23H,7-8,10-12H2,1H3. The van der Waals surface area contributed by atoms with Gasteiger partial charge in [-0.1, -0.05) is 12.1 Å². The average Bonchev–Trinajstić information content (AvgIpc) is 3.03. The fourth-order valence-electron chi connectivity index (χ4n) is 3.38. The normalized spacial score (nSPS) is 16.7. The number of hydrogen-bond acceptors (Lipinski definition) is 5. The highest BCUT2D eigenvalue weighted by Gasteiger charge is 2.25. The van der Waals surface area contributed by atoms with Crippen LogP contribution in [0.5, 0.6) is 5.75 Å². The molecule has 3 heterocycles. The second kappa shape index (κ2) is 6.24. The minimum Gasteiger partial charge on any atom is -0.506 e. The molecule has 5 nitrogen and oxygen atoms in total. The number of para-hydroxylation sites is 1. The molecule has 0 aliphatic carbocycles. The van der Waals surface area contributed by atoms with E-state index >= 15 is 0 Å². The van der Waals surface area contributed by atoms with Crippen LogP contribution in [0.1, 0.15) is 35.9 Å². The predicted molar refractivity (Wildman–Crippen MR) is 91.9 cm³/mol. The number of piperidine rings is 1. The van der Waals surface area contributed by atoms with Gasteiger partial charge in [-0.15, -0.1) is 0 Å². The average molecular weight is 323 g/mol. The van der Waals surface area contributed by atoms with Crippen molar-refractivity contribution in [2.24, 2.45) is 0 Å². The summed E-state index contributed by atoms with van der Waals surface area (Å²) in [4.78, 5) is 11.3. The minimum atomic E-state index is 0.272.